The summed E-state index contributed by atoms with van der Waals surface area (Å²) in [4.78, 5) is 16.0. The molecule has 0 bridgehead atoms. The quantitative estimate of drug-likeness (QED) is 0.941. The van der Waals surface area contributed by atoms with Crippen LogP contribution in [0.5, 0.6) is 11.5 Å². The molecule has 0 atom stereocenters. The Labute approximate surface area is 121 Å². The van der Waals surface area contributed by atoms with Crippen molar-refractivity contribution in [2.24, 2.45) is 0 Å². The van der Waals surface area contributed by atoms with Gasteiger partial charge in [-0.15, -0.1) is 0 Å². The van der Waals surface area contributed by atoms with Crippen LogP contribution in [0.1, 0.15) is 10.4 Å². The number of halogens is 1. The van der Waals surface area contributed by atoms with Crippen molar-refractivity contribution >= 4 is 23.2 Å². The number of benzene rings is 1. The number of aromatic nitrogens is 1. The summed E-state index contributed by atoms with van der Waals surface area (Å²) in [7, 11) is 3.08. The van der Waals surface area contributed by atoms with E-state index in [0.29, 0.717) is 27.8 Å². The maximum atomic E-state index is 12.1. The number of methoxy groups -OCH3 is 2. The van der Waals surface area contributed by atoms with Gasteiger partial charge in [-0.2, -0.15) is 0 Å². The highest BCUT2D eigenvalue weighted by atomic mass is 35.5. The third-order valence-electron chi connectivity index (χ3n) is 2.62. The molecule has 0 spiro atoms. The molecule has 1 amide bonds. The predicted molar refractivity (Wildman–Crippen MR) is 76.7 cm³/mol. The van der Waals surface area contributed by atoms with Crippen LogP contribution in [0.2, 0.25) is 5.02 Å². The van der Waals surface area contributed by atoms with Crippen molar-refractivity contribution in [3.63, 3.8) is 0 Å². The van der Waals surface area contributed by atoms with Crippen LogP contribution in [0, 0.1) is 0 Å². The Kier molecular flexibility index (Phi) is 4.42. The summed E-state index contributed by atoms with van der Waals surface area (Å²) in [5.74, 6) is 0.812. The second-order valence-corrected chi connectivity index (χ2v) is 4.32. The zero-order valence-corrected chi connectivity index (χ0v) is 11.8. The lowest BCUT2D eigenvalue weighted by atomic mass is 10.2. The molecule has 1 heterocycles. The van der Waals surface area contributed by atoms with E-state index in [4.69, 9.17) is 21.1 Å². The minimum absolute atomic E-state index is 0.302. The van der Waals surface area contributed by atoms with Gasteiger partial charge in [-0.3, -0.25) is 9.78 Å². The molecule has 20 heavy (non-hydrogen) atoms. The Morgan fingerprint density at radius 3 is 2.40 bits per heavy atom. The first-order chi connectivity index (χ1) is 9.63. The van der Waals surface area contributed by atoms with Gasteiger partial charge in [0.15, 0.2) is 0 Å². The molecule has 0 saturated carbocycles. The fourth-order valence-electron chi connectivity index (χ4n) is 1.62. The van der Waals surface area contributed by atoms with Gasteiger partial charge in [0.2, 0.25) is 0 Å². The minimum Gasteiger partial charge on any atom is -0.497 e. The zero-order valence-electron chi connectivity index (χ0n) is 11.0. The minimum atomic E-state index is -0.349. The second kappa shape index (κ2) is 6.25. The van der Waals surface area contributed by atoms with E-state index in [2.05, 4.69) is 10.3 Å². The van der Waals surface area contributed by atoms with Gasteiger partial charge < -0.3 is 14.8 Å². The summed E-state index contributed by atoms with van der Waals surface area (Å²) in [6.45, 7) is 0. The van der Waals surface area contributed by atoms with Crippen LogP contribution in [0.3, 0.4) is 0 Å². The number of amides is 1. The maximum Gasteiger partial charge on any atom is 0.258 e. The molecular weight excluding hydrogens is 280 g/mol. The SMILES string of the molecule is COc1cc(NC(=O)c2cnccc2Cl)cc(OC)c1. The van der Waals surface area contributed by atoms with Gasteiger partial charge in [-0.1, -0.05) is 11.6 Å². The number of anilines is 1. The van der Waals surface area contributed by atoms with Gasteiger partial charge in [0, 0.05) is 36.3 Å². The molecule has 104 valence electrons. The highest BCUT2D eigenvalue weighted by molar-refractivity contribution is 6.34. The molecule has 0 aliphatic rings. The Morgan fingerprint density at radius 2 is 1.85 bits per heavy atom. The van der Waals surface area contributed by atoms with E-state index in [1.807, 2.05) is 0 Å². The molecule has 6 heteroatoms. The fourth-order valence-corrected chi connectivity index (χ4v) is 1.81. The van der Waals surface area contributed by atoms with Gasteiger partial charge >= 0.3 is 0 Å². The Hall–Kier alpha value is -2.27. The first kappa shape index (κ1) is 14.1. The molecule has 2 rings (SSSR count). The average Bonchev–Trinajstić information content (AvgIpc) is 2.47. The molecule has 0 saturated heterocycles. The summed E-state index contributed by atoms with van der Waals surface area (Å²) in [5, 5.41) is 3.07. The molecule has 1 N–H and O–H groups in total. The number of ether oxygens (including phenoxy) is 2. The van der Waals surface area contributed by atoms with Crippen molar-refractivity contribution in [1.82, 2.24) is 4.98 Å². The Bertz CT molecular complexity index is 609. The molecule has 0 aliphatic carbocycles. The number of pyridine rings is 1. The van der Waals surface area contributed by atoms with Crippen molar-refractivity contribution < 1.29 is 14.3 Å². The van der Waals surface area contributed by atoms with Crippen LogP contribution in [-0.2, 0) is 0 Å². The van der Waals surface area contributed by atoms with E-state index in [9.17, 15) is 4.79 Å². The molecule has 2 aromatic rings. The normalized spacial score (nSPS) is 9.95. The summed E-state index contributed by atoms with van der Waals surface area (Å²) < 4.78 is 10.3. The molecule has 0 radical (unpaired) electrons. The lowest BCUT2D eigenvalue weighted by molar-refractivity contribution is 0.102. The van der Waals surface area contributed by atoms with Gasteiger partial charge in [-0.05, 0) is 6.07 Å². The summed E-state index contributed by atoms with van der Waals surface area (Å²) in [5.41, 5.74) is 0.849. The van der Waals surface area contributed by atoms with E-state index < -0.39 is 0 Å². The molecule has 0 fully saturated rings. The molecule has 0 unspecified atom stereocenters. The summed E-state index contributed by atoms with van der Waals surface area (Å²) in [6.07, 6.45) is 2.93. The fraction of sp³-hybridized carbons (Fsp3) is 0.143. The third-order valence-corrected chi connectivity index (χ3v) is 2.95. The molecule has 1 aromatic heterocycles. The maximum absolute atomic E-state index is 12.1. The van der Waals surface area contributed by atoms with E-state index in [-0.39, 0.29) is 5.91 Å². The van der Waals surface area contributed by atoms with Crippen molar-refractivity contribution in [1.29, 1.82) is 0 Å². The number of hydrogen-bond acceptors (Lipinski definition) is 4. The van der Waals surface area contributed by atoms with Crippen LogP contribution in [0.4, 0.5) is 5.69 Å². The first-order valence-corrected chi connectivity index (χ1v) is 6.15. The average molecular weight is 293 g/mol. The lowest BCUT2D eigenvalue weighted by Crippen LogP contribution is -2.12. The summed E-state index contributed by atoms with van der Waals surface area (Å²) in [6, 6.07) is 6.64. The monoisotopic (exact) mass is 292 g/mol. The first-order valence-electron chi connectivity index (χ1n) is 5.78. The zero-order chi connectivity index (χ0) is 14.5. The third kappa shape index (κ3) is 3.19. The van der Waals surface area contributed by atoms with Gasteiger partial charge in [0.25, 0.3) is 5.91 Å². The largest absolute Gasteiger partial charge is 0.497 e. The second-order valence-electron chi connectivity index (χ2n) is 3.91. The number of hydrogen-bond donors (Lipinski definition) is 1. The molecule has 5 nitrogen and oxygen atoms in total. The molecule has 1 aromatic carbocycles. The highest BCUT2D eigenvalue weighted by Crippen LogP contribution is 2.26. The molecular formula is C14H13ClN2O3. The van der Waals surface area contributed by atoms with Crippen LogP contribution >= 0.6 is 11.6 Å². The van der Waals surface area contributed by atoms with Crippen LogP contribution in [0.25, 0.3) is 0 Å². The number of rotatable bonds is 4. The standard InChI is InChI=1S/C14H13ClN2O3/c1-19-10-5-9(6-11(7-10)20-2)17-14(18)12-8-16-4-3-13(12)15/h3-8H,1-2H3,(H,17,18). The number of carbonyl (C=O) groups excluding carboxylic acids is 1. The molecule has 0 aliphatic heterocycles. The Balaban J connectivity index is 2.26. The van der Waals surface area contributed by atoms with Crippen molar-refractivity contribution in [3.05, 3.63) is 47.2 Å². The van der Waals surface area contributed by atoms with Crippen molar-refractivity contribution in [3.8, 4) is 11.5 Å². The Morgan fingerprint density at radius 1 is 1.20 bits per heavy atom. The van der Waals surface area contributed by atoms with Crippen LogP contribution in [0.15, 0.2) is 36.7 Å². The smallest absolute Gasteiger partial charge is 0.258 e. The number of nitrogens with zero attached hydrogens (tertiary/aromatic N) is 1. The van der Waals surface area contributed by atoms with E-state index >= 15 is 0 Å². The van der Waals surface area contributed by atoms with Crippen LogP contribution < -0.4 is 14.8 Å². The van der Waals surface area contributed by atoms with E-state index in [1.54, 1.807) is 38.5 Å². The topological polar surface area (TPSA) is 60.5 Å². The van der Waals surface area contributed by atoms with Gasteiger partial charge in [-0.25, -0.2) is 0 Å². The van der Waals surface area contributed by atoms with Crippen LogP contribution in [-0.4, -0.2) is 25.1 Å². The van der Waals surface area contributed by atoms with Crippen molar-refractivity contribution in [2.45, 2.75) is 0 Å². The number of carbonyl (C=O) groups is 1. The number of nitrogens with one attached hydrogen (secondary N) is 1. The van der Waals surface area contributed by atoms with E-state index in [0.717, 1.165) is 0 Å². The summed E-state index contributed by atoms with van der Waals surface area (Å²) >= 11 is 5.95. The van der Waals surface area contributed by atoms with Gasteiger partial charge in [0.05, 0.1) is 24.8 Å². The van der Waals surface area contributed by atoms with Crippen molar-refractivity contribution in [2.75, 3.05) is 19.5 Å². The van der Waals surface area contributed by atoms with E-state index in [1.165, 1.54) is 12.4 Å². The lowest BCUT2D eigenvalue weighted by Gasteiger charge is -2.10. The predicted octanol–water partition coefficient (Wildman–Crippen LogP) is 3.00. The van der Waals surface area contributed by atoms with Gasteiger partial charge in [0.1, 0.15) is 11.5 Å². The highest BCUT2D eigenvalue weighted by Gasteiger charge is 2.11.